The molecular weight excluding hydrogens is 306 g/mol. The molecule has 2 aromatic rings. The first-order chi connectivity index (χ1) is 10.5. The van der Waals surface area contributed by atoms with Gasteiger partial charge in [-0.05, 0) is 19.1 Å². The number of rotatable bonds is 6. The zero-order chi connectivity index (χ0) is 16.1. The van der Waals surface area contributed by atoms with Gasteiger partial charge in [0.05, 0.1) is 6.54 Å². The first-order valence-electron chi connectivity index (χ1n) is 6.94. The van der Waals surface area contributed by atoms with Crippen LogP contribution in [0, 0.1) is 6.92 Å². The molecular formula is C15H18ClN3O3. The average molecular weight is 324 g/mol. The molecule has 118 valence electrons. The van der Waals surface area contributed by atoms with E-state index >= 15 is 0 Å². The van der Waals surface area contributed by atoms with Crippen LogP contribution in [0.4, 0.5) is 0 Å². The van der Waals surface area contributed by atoms with Gasteiger partial charge in [-0.3, -0.25) is 4.79 Å². The maximum absolute atomic E-state index is 12.1. The molecule has 0 N–H and O–H groups in total. The van der Waals surface area contributed by atoms with Crippen LogP contribution in [0.1, 0.15) is 24.2 Å². The Morgan fingerprint density at radius 3 is 2.91 bits per heavy atom. The lowest BCUT2D eigenvalue weighted by Crippen LogP contribution is -2.31. The second-order valence-electron chi connectivity index (χ2n) is 4.86. The van der Waals surface area contributed by atoms with E-state index in [-0.39, 0.29) is 19.1 Å². The second kappa shape index (κ2) is 7.26. The number of amides is 1. The smallest absolute Gasteiger partial charge is 0.260 e. The molecule has 0 aliphatic rings. The lowest BCUT2D eigenvalue weighted by molar-refractivity contribution is -0.132. The molecule has 0 aliphatic carbocycles. The summed E-state index contributed by atoms with van der Waals surface area (Å²) in [5.74, 6) is 1.45. The Morgan fingerprint density at radius 2 is 2.23 bits per heavy atom. The molecule has 0 fully saturated rings. The molecule has 2 rings (SSSR count). The first kappa shape index (κ1) is 16.3. The summed E-state index contributed by atoms with van der Waals surface area (Å²) in [6.07, 6.45) is 0.693. The molecule has 0 atom stereocenters. The normalized spacial score (nSPS) is 10.5. The van der Waals surface area contributed by atoms with Gasteiger partial charge in [0.2, 0.25) is 5.89 Å². The number of benzene rings is 1. The summed E-state index contributed by atoms with van der Waals surface area (Å²) in [5.41, 5.74) is 0.809. The van der Waals surface area contributed by atoms with Crippen molar-refractivity contribution < 1.29 is 14.1 Å². The Balaban J connectivity index is 1.90. The molecule has 1 amide bonds. The monoisotopic (exact) mass is 323 g/mol. The topological polar surface area (TPSA) is 68.5 Å². The highest BCUT2D eigenvalue weighted by molar-refractivity contribution is 6.31. The molecule has 6 nitrogen and oxygen atoms in total. The minimum absolute atomic E-state index is 0.0769. The van der Waals surface area contributed by atoms with E-state index in [2.05, 4.69) is 10.1 Å². The Hall–Kier alpha value is -2.08. The largest absolute Gasteiger partial charge is 0.483 e. The highest BCUT2D eigenvalue weighted by Gasteiger charge is 2.15. The van der Waals surface area contributed by atoms with Gasteiger partial charge >= 0.3 is 0 Å². The second-order valence-corrected chi connectivity index (χ2v) is 5.27. The van der Waals surface area contributed by atoms with E-state index < -0.39 is 0 Å². The van der Waals surface area contributed by atoms with Crippen LogP contribution in [0.25, 0.3) is 0 Å². The molecule has 0 unspecified atom stereocenters. The van der Waals surface area contributed by atoms with Gasteiger partial charge in [-0.2, -0.15) is 4.98 Å². The van der Waals surface area contributed by atoms with Crippen molar-refractivity contribution in [3.63, 3.8) is 0 Å². The lowest BCUT2D eigenvalue weighted by atomic mass is 10.2. The van der Waals surface area contributed by atoms with Crippen molar-refractivity contribution in [2.24, 2.45) is 0 Å². The fraction of sp³-hybridized carbons (Fsp3) is 0.400. The predicted octanol–water partition coefficient (Wildman–Crippen LogP) is 2.63. The van der Waals surface area contributed by atoms with E-state index in [1.165, 1.54) is 4.90 Å². The molecule has 22 heavy (non-hydrogen) atoms. The summed E-state index contributed by atoms with van der Waals surface area (Å²) < 4.78 is 10.6. The molecule has 7 heteroatoms. The summed E-state index contributed by atoms with van der Waals surface area (Å²) in [6, 6.07) is 5.34. The Morgan fingerprint density at radius 1 is 1.45 bits per heavy atom. The van der Waals surface area contributed by atoms with E-state index in [1.54, 1.807) is 25.2 Å². The van der Waals surface area contributed by atoms with Crippen molar-refractivity contribution in [2.75, 3.05) is 13.7 Å². The zero-order valence-electron chi connectivity index (χ0n) is 12.8. The number of halogens is 1. The van der Waals surface area contributed by atoms with Crippen LogP contribution in [0.15, 0.2) is 22.7 Å². The molecule has 1 aromatic heterocycles. The number of hydrogen-bond donors (Lipinski definition) is 0. The SMILES string of the molecule is CCc1noc(CN(C)C(=O)COc2cccc(Cl)c2C)n1. The number of ether oxygens (including phenoxy) is 1. The van der Waals surface area contributed by atoms with Crippen molar-refractivity contribution in [3.05, 3.63) is 40.5 Å². The number of likely N-dealkylation sites (N-methyl/N-ethyl adjacent to an activating group) is 1. The molecule has 0 spiro atoms. The van der Waals surface area contributed by atoms with Gasteiger partial charge in [-0.15, -0.1) is 0 Å². The number of carbonyl (C=O) groups is 1. The van der Waals surface area contributed by atoms with Crippen LogP contribution in [0.5, 0.6) is 5.75 Å². The fourth-order valence-electron chi connectivity index (χ4n) is 1.78. The van der Waals surface area contributed by atoms with Crippen LogP contribution in [0.2, 0.25) is 5.02 Å². The Labute approximate surface area is 134 Å². The summed E-state index contributed by atoms with van der Waals surface area (Å²) in [5, 5.41) is 4.40. The van der Waals surface area contributed by atoms with E-state index in [0.29, 0.717) is 28.9 Å². The highest BCUT2D eigenvalue weighted by Crippen LogP contribution is 2.24. The van der Waals surface area contributed by atoms with Crippen LogP contribution in [0.3, 0.4) is 0 Å². The molecule has 0 radical (unpaired) electrons. The van der Waals surface area contributed by atoms with Gasteiger partial charge in [0.25, 0.3) is 5.91 Å². The average Bonchev–Trinajstić information content (AvgIpc) is 2.96. The van der Waals surface area contributed by atoms with E-state index in [0.717, 1.165) is 5.56 Å². The molecule has 0 aliphatic heterocycles. The number of aryl methyl sites for hydroxylation is 1. The maximum atomic E-state index is 12.1. The molecule has 0 bridgehead atoms. The van der Waals surface area contributed by atoms with Gasteiger partial charge in [-0.25, -0.2) is 0 Å². The van der Waals surface area contributed by atoms with Crippen molar-refractivity contribution in [2.45, 2.75) is 26.8 Å². The molecule has 0 saturated carbocycles. The summed E-state index contributed by atoms with van der Waals surface area (Å²) in [7, 11) is 1.66. The van der Waals surface area contributed by atoms with E-state index in [9.17, 15) is 4.79 Å². The molecule has 1 heterocycles. The van der Waals surface area contributed by atoms with E-state index in [1.807, 2.05) is 13.8 Å². The first-order valence-corrected chi connectivity index (χ1v) is 7.32. The van der Waals surface area contributed by atoms with Gasteiger partial charge in [0.15, 0.2) is 12.4 Å². The van der Waals surface area contributed by atoms with Gasteiger partial charge < -0.3 is 14.2 Å². The zero-order valence-corrected chi connectivity index (χ0v) is 13.6. The van der Waals surface area contributed by atoms with Crippen molar-refractivity contribution in [1.82, 2.24) is 15.0 Å². The van der Waals surface area contributed by atoms with E-state index in [4.69, 9.17) is 20.9 Å². The predicted molar refractivity (Wildman–Crippen MR) is 81.8 cm³/mol. The number of carbonyl (C=O) groups excluding carboxylic acids is 1. The third-order valence-corrected chi connectivity index (χ3v) is 3.60. The quantitative estimate of drug-likeness (QED) is 0.817. The number of hydrogen-bond acceptors (Lipinski definition) is 5. The summed E-state index contributed by atoms with van der Waals surface area (Å²) in [4.78, 5) is 17.7. The standard InChI is InChI=1S/C15H18ClN3O3/c1-4-13-17-14(22-18-13)8-19(3)15(20)9-21-12-7-5-6-11(16)10(12)2/h5-7H,4,8-9H2,1-3H3. The summed E-state index contributed by atoms with van der Waals surface area (Å²) in [6.45, 7) is 3.96. The minimum atomic E-state index is -0.185. The minimum Gasteiger partial charge on any atom is -0.483 e. The third-order valence-electron chi connectivity index (χ3n) is 3.19. The van der Waals surface area contributed by atoms with Crippen LogP contribution in [-0.2, 0) is 17.8 Å². The number of nitrogens with zero attached hydrogens (tertiary/aromatic N) is 3. The maximum Gasteiger partial charge on any atom is 0.260 e. The van der Waals surface area contributed by atoms with Gasteiger partial charge in [0, 0.05) is 24.1 Å². The fourth-order valence-corrected chi connectivity index (χ4v) is 1.95. The lowest BCUT2D eigenvalue weighted by Gasteiger charge is -2.16. The van der Waals surface area contributed by atoms with Crippen LogP contribution >= 0.6 is 11.6 Å². The van der Waals surface area contributed by atoms with Gasteiger partial charge in [0.1, 0.15) is 5.75 Å². The highest BCUT2D eigenvalue weighted by atomic mass is 35.5. The third kappa shape index (κ3) is 3.98. The molecule has 0 saturated heterocycles. The van der Waals surface area contributed by atoms with Crippen molar-refractivity contribution in [3.8, 4) is 5.75 Å². The van der Waals surface area contributed by atoms with Crippen molar-refractivity contribution in [1.29, 1.82) is 0 Å². The molecule has 1 aromatic carbocycles. The van der Waals surface area contributed by atoms with Crippen molar-refractivity contribution >= 4 is 17.5 Å². The van der Waals surface area contributed by atoms with Gasteiger partial charge in [-0.1, -0.05) is 29.7 Å². The summed E-state index contributed by atoms with van der Waals surface area (Å²) >= 11 is 6.01. The van der Waals surface area contributed by atoms with Crippen LogP contribution in [-0.4, -0.2) is 34.6 Å². The Kier molecular flexibility index (Phi) is 5.38. The van der Waals surface area contributed by atoms with Crippen LogP contribution < -0.4 is 4.74 Å². The number of aromatic nitrogens is 2. The Bertz CT molecular complexity index is 657.